The van der Waals surface area contributed by atoms with Crippen LogP contribution in [0.3, 0.4) is 0 Å². The highest BCUT2D eigenvalue weighted by Crippen LogP contribution is 2.39. The van der Waals surface area contributed by atoms with Crippen molar-refractivity contribution in [2.75, 3.05) is 37.1 Å². The van der Waals surface area contributed by atoms with E-state index in [1.165, 1.54) is 0 Å². The fourth-order valence-electron chi connectivity index (χ4n) is 5.11. The molecule has 244 valence electrons. The first-order valence-corrected chi connectivity index (χ1v) is 16.4. The molecule has 45 heavy (non-hydrogen) atoms. The SMILES string of the molecule is CC(=O)NS(=O)(=O)c1cc(OCF)c(NCC#Cc2sc3c(NC4CCN(C(C)C)CC4)cccc3c2CC(F)(F)F)cc1F. The number of ether oxygens (including phenoxy) is 1. The molecular formula is C30H33F5N4O4S2. The molecular weight excluding hydrogens is 639 g/mol. The van der Waals surface area contributed by atoms with E-state index in [4.69, 9.17) is 4.74 Å². The second-order valence-electron chi connectivity index (χ2n) is 10.8. The molecule has 3 aromatic rings. The number of alkyl halides is 4. The van der Waals surface area contributed by atoms with Gasteiger partial charge in [0.25, 0.3) is 10.0 Å². The van der Waals surface area contributed by atoms with Crippen molar-refractivity contribution in [1.82, 2.24) is 9.62 Å². The molecule has 1 amide bonds. The van der Waals surface area contributed by atoms with E-state index in [0.29, 0.717) is 22.2 Å². The molecule has 1 aliphatic rings. The zero-order valence-corrected chi connectivity index (χ0v) is 26.4. The minimum atomic E-state index is -4.59. The molecule has 8 nitrogen and oxygen atoms in total. The number of rotatable bonds is 10. The van der Waals surface area contributed by atoms with Gasteiger partial charge >= 0.3 is 6.18 Å². The number of anilines is 2. The van der Waals surface area contributed by atoms with E-state index in [1.807, 2.05) is 6.07 Å². The van der Waals surface area contributed by atoms with Crippen LogP contribution in [0.1, 0.15) is 44.1 Å². The fourth-order valence-corrected chi connectivity index (χ4v) is 7.34. The topological polar surface area (TPSA) is 99.8 Å². The molecule has 0 aliphatic carbocycles. The quantitative estimate of drug-likeness (QED) is 0.179. The van der Waals surface area contributed by atoms with Crippen molar-refractivity contribution in [3.05, 3.63) is 46.6 Å². The zero-order valence-electron chi connectivity index (χ0n) is 24.8. The summed E-state index contributed by atoms with van der Waals surface area (Å²) in [6, 6.07) is 7.28. The number of benzene rings is 2. The number of fused-ring (bicyclic) bond motifs is 1. The van der Waals surface area contributed by atoms with Crippen LogP contribution in [-0.2, 0) is 21.2 Å². The molecule has 3 N–H and O–H groups in total. The summed E-state index contributed by atoms with van der Waals surface area (Å²) in [5.41, 5.74) is 0.643. The second kappa shape index (κ2) is 14.2. The van der Waals surface area contributed by atoms with Crippen LogP contribution < -0.4 is 20.1 Å². The Morgan fingerprint density at radius 1 is 1.18 bits per heavy atom. The second-order valence-corrected chi connectivity index (χ2v) is 13.5. The maximum atomic E-state index is 14.7. The Bertz CT molecular complexity index is 1710. The summed E-state index contributed by atoms with van der Waals surface area (Å²) >= 11 is 1.14. The smallest absolute Gasteiger partial charge is 0.393 e. The number of amides is 1. The van der Waals surface area contributed by atoms with E-state index in [-0.39, 0.29) is 34.5 Å². The van der Waals surface area contributed by atoms with Gasteiger partial charge in [0.2, 0.25) is 12.8 Å². The van der Waals surface area contributed by atoms with Crippen LogP contribution in [0.4, 0.5) is 33.3 Å². The number of piperidine rings is 1. The number of hydrogen-bond donors (Lipinski definition) is 3. The Labute approximate surface area is 262 Å². The van der Waals surface area contributed by atoms with Gasteiger partial charge in [-0.05, 0) is 43.7 Å². The Hall–Kier alpha value is -3.61. The summed E-state index contributed by atoms with van der Waals surface area (Å²) in [5, 5.41) is 6.66. The minimum absolute atomic E-state index is 0.0494. The summed E-state index contributed by atoms with van der Waals surface area (Å²) in [6.45, 7) is 5.47. The van der Waals surface area contributed by atoms with E-state index in [9.17, 15) is 35.2 Å². The summed E-state index contributed by atoms with van der Waals surface area (Å²) in [7, 11) is -4.59. The molecule has 0 atom stereocenters. The van der Waals surface area contributed by atoms with Crippen molar-refractivity contribution in [2.45, 2.75) is 63.2 Å². The maximum absolute atomic E-state index is 14.7. The molecule has 15 heteroatoms. The summed E-state index contributed by atoms with van der Waals surface area (Å²) in [5.74, 6) is 2.92. The summed E-state index contributed by atoms with van der Waals surface area (Å²) < 4.78 is 100. The molecule has 0 radical (unpaired) electrons. The number of nitrogens with one attached hydrogen (secondary N) is 3. The highest BCUT2D eigenvalue weighted by Gasteiger charge is 2.31. The van der Waals surface area contributed by atoms with Gasteiger partial charge in [-0.2, -0.15) is 13.2 Å². The average molecular weight is 673 g/mol. The van der Waals surface area contributed by atoms with Gasteiger partial charge in [-0.25, -0.2) is 21.9 Å². The lowest BCUT2D eigenvalue weighted by Crippen LogP contribution is -2.42. The lowest BCUT2D eigenvalue weighted by Gasteiger charge is -2.35. The third kappa shape index (κ3) is 8.77. The van der Waals surface area contributed by atoms with Crippen LogP contribution in [-0.4, -0.2) is 64.0 Å². The molecule has 1 aromatic heterocycles. The summed E-state index contributed by atoms with van der Waals surface area (Å²) in [6.07, 6.45) is -3.85. The van der Waals surface area contributed by atoms with E-state index in [0.717, 1.165) is 55.9 Å². The van der Waals surface area contributed by atoms with Crippen LogP contribution in [0.15, 0.2) is 35.2 Å². The van der Waals surface area contributed by atoms with Crippen molar-refractivity contribution in [1.29, 1.82) is 0 Å². The Morgan fingerprint density at radius 2 is 1.89 bits per heavy atom. The largest absolute Gasteiger partial charge is 0.461 e. The van der Waals surface area contributed by atoms with Crippen LogP contribution >= 0.6 is 11.3 Å². The Morgan fingerprint density at radius 3 is 2.51 bits per heavy atom. The minimum Gasteiger partial charge on any atom is -0.461 e. The number of nitrogens with zero attached hydrogens (tertiary/aromatic N) is 1. The average Bonchev–Trinajstić information content (AvgIpc) is 3.28. The van der Waals surface area contributed by atoms with Crippen molar-refractivity contribution < 1.29 is 39.9 Å². The third-order valence-electron chi connectivity index (χ3n) is 7.20. The number of carbonyl (C=O) groups excluding carboxylic acids is 1. The normalized spacial score (nSPS) is 14.7. The zero-order chi connectivity index (χ0) is 32.9. The maximum Gasteiger partial charge on any atom is 0.393 e. The third-order valence-corrected chi connectivity index (χ3v) is 9.84. The number of halogens is 5. The van der Waals surface area contributed by atoms with E-state index < -0.39 is 46.1 Å². The van der Waals surface area contributed by atoms with Gasteiger partial charge in [0.05, 0.1) is 33.9 Å². The van der Waals surface area contributed by atoms with Gasteiger partial charge in [0, 0.05) is 44.2 Å². The van der Waals surface area contributed by atoms with Crippen LogP contribution in [0, 0.1) is 17.7 Å². The van der Waals surface area contributed by atoms with Crippen molar-refractivity contribution in [3.8, 4) is 17.6 Å². The standard InChI is InChI=1S/C30H33F5N4O4S2/c1-18(2)39-12-9-20(10-13-39)37-24-7-4-6-21-22(16-30(33,34)35)27(44-29(21)24)8-5-11-36-25-14-23(32)28(15-26(25)43-17-31)45(41,42)38-19(3)40/h4,6-7,14-15,18,20,36-37H,9-13,16-17H2,1-3H3,(H,38,40). The lowest BCUT2D eigenvalue weighted by molar-refractivity contribution is -0.127. The molecule has 1 aliphatic heterocycles. The Kier molecular flexibility index (Phi) is 10.8. The fraction of sp³-hybridized carbons (Fsp3) is 0.433. The number of sulfonamides is 1. The van der Waals surface area contributed by atoms with Gasteiger partial charge < -0.3 is 20.3 Å². The molecule has 1 fully saturated rings. The van der Waals surface area contributed by atoms with E-state index >= 15 is 0 Å². The first-order chi connectivity index (χ1) is 21.2. The van der Waals surface area contributed by atoms with Crippen LogP contribution in [0.2, 0.25) is 0 Å². The van der Waals surface area contributed by atoms with Crippen LogP contribution in [0.25, 0.3) is 10.1 Å². The van der Waals surface area contributed by atoms with Crippen LogP contribution in [0.5, 0.6) is 5.75 Å². The number of hydrogen-bond acceptors (Lipinski definition) is 8. The highest BCUT2D eigenvalue weighted by atomic mass is 32.2. The first kappa shape index (κ1) is 34.3. The molecule has 2 heterocycles. The molecule has 0 spiro atoms. The number of carbonyl (C=O) groups is 1. The van der Waals surface area contributed by atoms with E-state index in [2.05, 4.69) is 41.2 Å². The predicted molar refractivity (Wildman–Crippen MR) is 164 cm³/mol. The van der Waals surface area contributed by atoms with Gasteiger partial charge in [-0.15, -0.1) is 11.3 Å². The summed E-state index contributed by atoms with van der Waals surface area (Å²) in [4.78, 5) is 12.9. The monoisotopic (exact) mass is 672 g/mol. The first-order valence-electron chi connectivity index (χ1n) is 14.1. The highest BCUT2D eigenvalue weighted by molar-refractivity contribution is 7.90. The molecule has 4 rings (SSSR count). The van der Waals surface area contributed by atoms with Gasteiger partial charge in [-0.3, -0.25) is 4.79 Å². The molecule has 2 aromatic carbocycles. The Balaban J connectivity index is 1.59. The molecule has 0 unspecified atom stereocenters. The molecule has 0 saturated carbocycles. The number of thiophene rings is 1. The van der Waals surface area contributed by atoms with Gasteiger partial charge in [0.1, 0.15) is 16.5 Å². The molecule has 1 saturated heterocycles. The van der Waals surface area contributed by atoms with Crippen molar-refractivity contribution in [2.24, 2.45) is 0 Å². The predicted octanol–water partition coefficient (Wildman–Crippen LogP) is 6.02. The lowest BCUT2D eigenvalue weighted by atomic mass is 10.0. The van der Waals surface area contributed by atoms with E-state index in [1.54, 1.807) is 16.9 Å². The van der Waals surface area contributed by atoms with Crippen molar-refractivity contribution >= 4 is 48.7 Å². The van der Waals surface area contributed by atoms with Gasteiger partial charge in [0.15, 0.2) is 0 Å². The van der Waals surface area contributed by atoms with Gasteiger partial charge in [-0.1, -0.05) is 24.0 Å². The number of likely N-dealkylation sites (tertiary alicyclic amines) is 1. The molecule has 0 bridgehead atoms. The van der Waals surface area contributed by atoms with Crippen molar-refractivity contribution in [3.63, 3.8) is 0 Å².